The minimum atomic E-state index is 0.0322. The van der Waals surface area contributed by atoms with Gasteiger partial charge in [0.1, 0.15) is 10.8 Å². The third-order valence-corrected chi connectivity index (χ3v) is 4.64. The van der Waals surface area contributed by atoms with Crippen LogP contribution in [0.3, 0.4) is 0 Å². The molecule has 1 aromatic heterocycles. The zero-order valence-corrected chi connectivity index (χ0v) is 13.2. The number of nitrogens with zero attached hydrogens (tertiary/aromatic N) is 1. The number of aromatic nitrogens is 1. The molecular formula is C17H18N2OS. The molecule has 0 aliphatic rings. The number of aryl methyl sites for hydroxylation is 1. The lowest BCUT2D eigenvalue weighted by molar-refractivity contribution is 0.406. The van der Waals surface area contributed by atoms with E-state index in [0.29, 0.717) is 0 Å². The van der Waals surface area contributed by atoms with Crippen molar-refractivity contribution in [3.8, 4) is 5.75 Å². The second kappa shape index (κ2) is 5.84. The minimum absolute atomic E-state index is 0.0322. The Labute approximate surface area is 128 Å². The zero-order chi connectivity index (χ0) is 14.8. The number of methoxy groups -OCH3 is 1. The van der Waals surface area contributed by atoms with Gasteiger partial charge in [0.15, 0.2) is 0 Å². The quantitative estimate of drug-likeness (QED) is 0.792. The van der Waals surface area contributed by atoms with Gasteiger partial charge in [0.25, 0.3) is 0 Å². The Hall–Kier alpha value is -1.91. The van der Waals surface area contributed by atoms with E-state index in [1.807, 2.05) is 20.0 Å². The lowest BCUT2D eigenvalue weighted by Gasteiger charge is -2.19. The molecule has 21 heavy (non-hydrogen) atoms. The van der Waals surface area contributed by atoms with Crippen LogP contribution in [0.15, 0.2) is 41.8 Å². The summed E-state index contributed by atoms with van der Waals surface area (Å²) in [6.45, 7) is 2.02. The van der Waals surface area contributed by atoms with Crippen LogP contribution in [0, 0.1) is 6.92 Å². The average Bonchev–Trinajstić information content (AvgIpc) is 2.94. The molecule has 1 heterocycles. The van der Waals surface area contributed by atoms with Gasteiger partial charge >= 0.3 is 0 Å². The van der Waals surface area contributed by atoms with Gasteiger partial charge in [0, 0.05) is 16.6 Å². The zero-order valence-electron chi connectivity index (χ0n) is 12.4. The normalized spacial score (nSPS) is 12.5. The van der Waals surface area contributed by atoms with Crippen LogP contribution >= 0.6 is 11.3 Å². The smallest absolute Gasteiger partial charge is 0.124 e. The van der Waals surface area contributed by atoms with Crippen LogP contribution < -0.4 is 10.1 Å². The maximum absolute atomic E-state index is 5.60. The molecule has 2 aromatic carbocycles. The molecule has 0 aliphatic carbocycles. The first-order chi connectivity index (χ1) is 10.2. The first-order valence-electron chi connectivity index (χ1n) is 6.89. The molecule has 0 saturated heterocycles. The number of hydrogen-bond acceptors (Lipinski definition) is 4. The van der Waals surface area contributed by atoms with Crippen LogP contribution in [0.1, 0.15) is 22.3 Å². The molecule has 4 heteroatoms. The second-order valence-corrected chi connectivity index (χ2v) is 5.84. The number of fused-ring (bicyclic) bond motifs is 1. The number of thiazole rings is 1. The highest BCUT2D eigenvalue weighted by Crippen LogP contribution is 2.37. The standard InChI is InChI=1S/C17H18N2OS/c1-11-10-21-17(19-11)16(18-2)15-13-7-5-4-6-12(13)8-9-14(15)20-3/h4-10,16,18H,1-3H3. The summed E-state index contributed by atoms with van der Waals surface area (Å²) in [7, 11) is 3.68. The van der Waals surface area contributed by atoms with Crippen molar-refractivity contribution in [3.63, 3.8) is 0 Å². The maximum Gasteiger partial charge on any atom is 0.124 e. The van der Waals surface area contributed by atoms with E-state index in [1.165, 1.54) is 10.8 Å². The molecule has 0 aliphatic heterocycles. The van der Waals surface area contributed by atoms with Gasteiger partial charge in [-0.05, 0) is 30.8 Å². The van der Waals surface area contributed by atoms with Crippen molar-refractivity contribution in [2.24, 2.45) is 0 Å². The highest BCUT2D eigenvalue weighted by atomic mass is 32.1. The van der Waals surface area contributed by atoms with Crippen LogP contribution in [-0.4, -0.2) is 19.1 Å². The van der Waals surface area contributed by atoms with Gasteiger partial charge in [-0.25, -0.2) is 4.98 Å². The molecule has 3 rings (SSSR count). The monoisotopic (exact) mass is 298 g/mol. The average molecular weight is 298 g/mol. The third kappa shape index (κ3) is 2.52. The Balaban J connectivity index is 2.25. The number of hydrogen-bond donors (Lipinski definition) is 1. The lowest BCUT2D eigenvalue weighted by Crippen LogP contribution is -2.18. The van der Waals surface area contributed by atoms with Crippen molar-refractivity contribution in [2.75, 3.05) is 14.2 Å². The number of benzene rings is 2. The van der Waals surface area contributed by atoms with E-state index in [0.717, 1.165) is 22.0 Å². The van der Waals surface area contributed by atoms with Crippen LogP contribution in [0.4, 0.5) is 0 Å². The highest BCUT2D eigenvalue weighted by molar-refractivity contribution is 7.09. The van der Waals surface area contributed by atoms with Crippen LogP contribution in [0.2, 0.25) is 0 Å². The Morgan fingerprint density at radius 1 is 1.19 bits per heavy atom. The molecule has 0 radical (unpaired) electrons. The van der Waals surface area contributed by atoms with Crippen molar-refractivity contribution in [1.82, 2.24) is 10.3 Å². The Bertz CT molecular complexity index is 766. The second-order valence-electron chi connectivity index (χ2n) is 4.95. The summed E-state index contributed by atoms with van der Waals surface area (Å²) in [5, 5.41) is 8.93. The van der Waals surface area contributed by atoms with Gasteiger partial charge in [-0.15, -0.1) is 11.3 Å². The molecule has 0 spiro atoms. The van der Waals surface area contributed by atoms with Gasteiger partial charge in [-0.3, -0.25) is 0 Å². The molecule has 1 atom stereocenters. The lowest BCUT2D eigenvalue weighted by atomic mass is 9.98. The van der Waals surface area contributed by atoms with Crippen LogP contribution in [0.25, 0.3) is 10.8 Å². The number of ether oxygens (including phenoxy) is 1. The van der Waals surface area contributed by atoms with Crippen LogP contribution in [0.5, 0.6) is 5.75 Å². The molecule has 0 amide bonds. The number of rotatable bonds is 4. The largest absolute Gasteiger partial charge is 0.496 e. The van der Waals surface area contributed by atoms with E-state index in [2.05, 4.69) is 46.0 Å². The van der Waals surface area contributed by atoms with Crippen molar-refractivity contribution in [1.29, 1.82) is 0 Å². The predicted octanol–water partition coefficient (Wildman–Crippen LogP) is 3.92. The number of nitrogens with one attached hydrogen (secondary N) is 1. The van der Waals surface area contributed by atoms with Crippen molar-refractivity contribution < 1.29 is 4.74 Å². The van der Waals surface area contributed by atoms with E-state index in [1.54, 1.807) is 18.4 Å². The summed E-state index contributed by atoms with van der Waals surface area (Å²) in [4.78, 5) is 4.64. The van der Waals surface area contributed by atoms with E-state index >= 15 is 0 Å². The molecule has 0 fully saturated rings. The van der Waals surface area contributed by atoms with Gasteiger partial charge in [0.2, 0.25) is 0 Å². The molecule has 1 N–H and O–H groups in total. The summed E-state index contributed by atoms with van der Waals surface area (Å²) < 4.78 is 5.60. The molecule has 0 bridgehead atoms. The highest BCUT2D eigenvalue weighted by Gasteiger charge is 2.22. The fourth-order valence-corrected chi connectivity index (χ4v) is 3.56. The molecule has 3 nitrogen and oxygen atoms in total. The van der Waals surface area contributed by atoms with Gasteiger partial charge in [-0.2, -0.15) is 0 Å². The molecule has 1 unspecified atom stereocenters. The van der Waals surface area contributed by atoms with Gasteiger partial charge in [-0.1, -0.05) is 30.3 Å². The molecule has 108 valence electrons. The van der Waals surface area contributed by atoms with E-state index in [-0.39, 0.29) is 6.04 Å². The fraction of sp³-hybridized carbons (Fsp3) is 0.235. The van der Waals surface area contributed by atoms with Crippen molar-refractivity contribution in [3.05, 3.63) is 58.0 Å². The summed E-state index contributed by atoms with van der Waals surface area (Å²) in [5.41, 5.74) is 2.20. The minimum Gasteiger partial charge on any atom is -0.496 e. The summed E-state index contributed by atoms with van der Waals surface area (Å²) in [6, 6.07) is 12.5. The summed E-state index contributed by atoms with van der Waals surface area (Å²) in [6.07, 6.45) is 0. The van der Waals surface area contributed by atoms with Crippen molar-refractivity contribution in [2.45, 2.75) is 13.0 Å². The third-order valence-electron chi connectivity index (χ3n) is 3.61. The SMILES string of the molecule is CNC(c1nc(C)cs1)c1c(OC)ccc2ccccc12. The predicted molar refractivity (Wildman–Crippen MR) is 88.3 cm³/mol. The molecule has 3 aromatic rings. The van der Waals surface area contributed by atoms with E-state index in [9.17, 15) is 0 Å². The Kier molecular flexibility index (Phi) is 3.90. The van der Waals surface area contributed by atoms with Crippen LogP contribution in [-0.2, 0) is 0 Å². The Morgan fingerprint density at radius 3 is 2.67 bits per heavy atom. The Morgan fingerprint density at radius 2 is 2.00 bits per heavy atom. The fourth-order valence-electron chi connectivity index (χ4n) is 2.65. The topological polar surface area (TPSA) is 34.2 Å². The molecule has 0 saturated carbocycles. The molecular weight excluding hydrogens is 280 g/mol. The van der Waals surface area contributed by atoms with E-state index < -0.39 is 0 Å². The summed E-state index contributed by atoms with van der Waals surface area (Å²) >= 11 is 1.68. The summed E-state index contributed by atoms with van der Waals surface area (Å²) in [5.74, 6) is 0.890. The van der Waals surface area contributed by atoms with Crippen molar-refractivity contribution >= 4 is 22.1 Å². The first kappa shape index (κ1) is 14.0. The van der Waals surface area contributed by atoms with Gasteiger partial charge in [0.05, 0.1) is 13.2 Å². The first-order valence-corrected chi connectivity index (χ1v) is 7.77. The van der Waals surface area contributed by atoms with E-state index in [4.69, 9.17) is 4.74 Å². The van der Waals surface area contributed by atoms with Gasteiger partial charge < -0.3 is 10.1 Å². The maximum atomic E-state index is 5.60.